The second kappa shape index (κ2) is 8.37. The van der Waals surface area contributed by atoms with Crippen molar-refractivity contribution >= 4 is 11.8 Å². The van der Waals surface area contributed by atoms with Crippen LogP contribution < -0.4 is 5.32 Å². The van der Waals surface area contributed by atoms with Crippen molar-refractivity contribution in [3.05, 3.63) is 0 Å². The molecular weight excluding hydrogens is 158 g/mol. The van der Waals surface area contributed by atoms with Crippen LogP contribution in [0.4, 0.5) is 0 Å². The maximum atomic E-state index is 8.67. The molecule has 0 aliphatic heterocycles. The summed E-state index contributed by atoms with van der Waals surface area (Å²) in [4.78, 5) is 0. The smallest absolute Gasteiger partial charge is 0.0581 e. The molecule has 3 heteroatoms. The van der Waals surface area contributed by atoms with Crippen molar-refractivity contribution in [1.82, 2.24) is 5.32 Å². The molecule has 0 aromatic rings. The van der Waals surface area contributed by atoms with Gasteiger partial charge in [0.1, 0.15) is 0 Å². The van der Waals surface area contributed by atoms with Crippen LogP contribution in [-0.2, 0) is 0 Å². The van der Waals surface area contributed by atoms with Gasteiger partial charge < -0.3 is 10.4 Å². The third-order valence-electron chi connectivity index (χ3n) is 1.44. The van der Waals surface area contributed by atoms with E-state index in [0.717, 1.165) is 6.54 Å². The summed E-state index contributed by atoms with van der Waals surface area (Å²) < 4.78 is 0. The quantitative estimate of drug-likeness (QED) is 0.571. The van der Waals surface area contributed by atoms with Crippen LogP contribution in [0.15, 0.2) is 0 Å². The third kappa shape index (κ3) is 8.17. The Morgan fingerprint density at radius 1 is 1.55 bits per heavy atom. The van der Waals surface area contributed by atoms with Crippen LogP contribution in [0, 0.1) is 0 Å². The standard InChI is InChI=1S/C8H19NOS/c1-3-11-6-4-5-9-8(2)7-10/h8-10H,3-7H2,1-2H3/t8-/m1/s1. The SMILES string of the molecule is CCSCCCN[C@H](C)CO. The van der Waals surface area contributed by atoms with E-state index in [0.29, 0.717) is 0 Å². The van der Waals surface area contributed by atoms with Crippen LogP contribution in [0.5, 0.6) is 0 Å². The van der Waals surface area contributed by atoms with E-state index in [1.165, 1.54) is 17.9 Å². The van der Waals surface area contributed by atoms with Crippen LogP contribution in [0.1, 0.15) is 20.3 Å². The van der Waals surface area contributed by atoms with E-state index in [-0.39, 0.29) is 12.6 Å². The Balaban J connectivity index is 2.89. The fourth-order valence-electron chi connectivity index (χ4n) is 0.732. The summed E-state index contributed by atoms with van der Waals surface area (Å²) in [6, 6.07) is 0.252. The second-order valence-electron chi connectivity index (χ2n) is 2.59. The number of rotatable bonds is 7. The molecule has 0 heterocycles. The van der Waals surface area contributed by atoms with E-state index in [9.17, 15) is 0 Å². The molecule has 0 aliphatic rings. The van der Waals surface area contributed by atoms with E-state index in [4.69, 9.17) is 5.11 Å². The average Bonchev–Trinajstić information content (AvgIpc) is 2.04. The van der Waals surface area contributed by atoms with Gasteiger partial charge in [-0.2, -0.15) is 11.8 Å². The number of thioether (sulfide) groups is 1. The minimum atomic E-state index is 0.237. The van der Waals surface area contributed by atoms with Gasteiger partial charge >= 0.3 is 0 Å². The molecule has 0 aromatic heterocycles. The predicted molar refractivity (Wildman–Crippen MR) is 52.2 cm³/mol. The van der Waals surface area contributed by atoms with E-state index in [1.54, 1.807) is 0 Å². The molecule has 0 radical (unpaired) electrons. The Labute approximate surface area is 73.8 Å². The van der Waals surface area contributed by atoms with Crippen molar-refractivity contribution in [2.24, 2.45) is 0 Å². The summed E-state index contributed by atoms with van der Waals surface area (Å²) in [6.07, 6.45) is 1.20. The van der Waals surface area contributed by atoms with E-state index in [2.05, 4.69) is 12.2 Å². The van der Waals surface area contributed by atoms with Crippen molar-refractivity contribution in [2.75, 3.05) is 24.7 Å². The molecule has 0 saturated carbocycles. The lowest BCUT2D eigenvalue weighted by Crippen LogP contribution is -2.30. The van der Waals surface area contributed by atoms with Gasteiger partial charge in [0.15, 0.2) is 0 Å². The molecule has 1 atom stereocenters. The molecule has 0 fully saturated rings. The molecule has 68 valence electrons. The summed E-state index contributed by atoms with van der Waals surface area (Å²) in [5.41, 5.74) is 0. The van der Waals surface area contributed by atoms with Crippen LogP contribution in [0.25, 0.3) is 0 Å². The molecule has 0 unspecified atom stereocenters. The molecule has 0 amide bonds. The van der Waals surface area contributed by atoms with Gasteiger partial charge in [0.05, 0.1) is 6.61 Å². The summed E-state index contributed by atoms with van der Waals surface area (Å²) >= 11 is 1.96. The Morgan fingerprint density at radius 3 is 2.82 bits per heavy atom. The Bertz CT molecular complexity index is 80.5. The predicted octanol–water partition coefficient (Wildman–Crippen LogP) is 1.10. The highest BCUT2D eigenvalue weighted by atomic mass is 32.2. The van der Waals surface area contributed by atoms with Gasteiger partial charge in [-0.1, -0.05) is 6.92 Å². The highest BCUT2D eigenvalue weighted by Gasteiger charge is 1.95. The van der Waals surface area contributed by atoms with E-state index < -0.39 is 0 Å². The number of aliphatic hydroxyl groups is 1. The summed E-state index contributed by atoms with van der Waals surface area (Å²) in [6.45, 7) is 5.43. The van der Waals surface area contributed by atoms with Crippen molar-refractivity contribution in [3.63, 3.8) is 0 Å². The van der Waals surface area contributed by atoms with E-state index >= 15 is 0 Å². The van der Waals surface area contributed by atoms with Gasteiger partial charge in [-0.15, -0.1) is 0 Å². The van der Waals surface area contributed by atoms with Crippen LogP contribution in [-0.4, -0.2) is 35.8 Å². The molecule has 0 spiro atoms. The molecule has 0 saturated heterocycles. The summed E-state index contributed by atoms with van der Waals surface area (Å²) in [5, 5.41) is 11.9. The lowest BCUT2D eigenvalue weighted by molar-refractivity contribution is 0.252. The van der Waals surface area contributed by atoms with E-state index in [1.807, 2.05) is 18.7 Å². The highest BCUT2D eigenvalue weighted by molar-refractivity contribution is 7.99. The largest absolute Gasteiger partial charge is 0.395 e. The lowest BCUT2D eigenvalue weighted by atomic mass is 10.3. The Morgan fingerprint density at radius 2 is 2.27 bits per heavy atom. The lowest BCUT2D eigenvalue weighted by Gasteiger charge is -2.09. The van der Waals surface area contributed by atoms with Gasteiger partial charge in [-0.25, -0.2) is 0 Å². The third-order valence-corrected chi connectivity index (χ3v) is 2.42. The van der Waals surface area contributed by atoms with Gasteiger partial charge in [0, 0.05) is 6.04 Å². The fraction of sp³-hybridized carbons (Fsp3) is 1.00. The zero-order valence-corrected chi connectivity index (χ0v) is 8.28. The zero-order chi connectivity index (χ0) is 8.53. The zero-order valence-electron chi connectivity index (χ0n) is 7.47. The first kappa shape index (κ1) is 11.3. The molecule has 2 nitrogen and oxygen atoms in total. The fourth-order valence-corrected chi connectivity index (χ4v) is 1.37. The second-order valence-corrected chi connectivity index (χ2v) is 3.98. The maximum absolute atomic E-state index is 8.67. The number of hydrogen-bond donors (Lipinski definition) is 2. The normalized spacial score (nSPS) is 13.4. The summed E-state index contributed by atoms with van der Waals surface area (Å²) in [7, 11) is 0. The van der Waals surface area contributed by atoms with Crippen LogP contribution >= 0.6 is 11.8 Å². The number of nitrogens with one attached hydrogen (secondary N) is 1. The van der Waals surface area contributed by atoms with Crippen molar-refractivity contribution in [1.29, 1.82) is 0 Å². The van der Waals surface area contributed by atoms with Crippen molar-refractivity contribution in [2.45, 2.75) is 26.3 Å². The minimum absolute atomic E-state index is 0.237. The monoisotopic (exact) mass is 177 g/mol. The average molecular weight is 177 g/mol. The molecule has 11 heavy (non-hydrogen) atoms. The maximum Gasteiger partial charge on any atom is 0.0581 e. The molecule has 0 aromatic carbocycles. The topological polar surface area (TPSA) is 32.3 Å². The first-order valence-corrected chi connectivity index (χ1v) is 5.38. The van der Waals surface area contributed by atoms with Gasteiger partial charge in [0.2, 0.25) is 0 Å². The van der Waals surface area contributed by atoms with Gasteiger partial charge in [0.25, 0.3) is 0 Å². The first-order valence-electron chi connectivity index (χ1n) is 4.23. The van der Waals surface area contributed by atoms with Crippen molar-refractivity contribution in [3.8, 4) is 0 Å². The number of hydrogen-bond acceptors (Lipinski definition) is 3. The molecular formula is C8H19NOS. The summed E-state index contributed by atoms with van der Waals surface area (Å²) in [5.74, 6) is 2.43. The first-order chi connectivity index (χ1) is 5.31. The Hall–Kier alpha value is 0.270. The molecule has 0 rings (SSSR count). The molecule has 2 N–H and O–H groups in total. The molecule has 0 aliphatic carbocycles. The van der Waals surface area contributed by atoms with Gasteiger partial charge in [-0.3, -0.25) is 0 Å². The Kier molecular flexibility index (Phi) is 8.57. The van der Waals surface area contributed by atoms with Gasteiger partial charge in [-0.05, 0) is 31.4 Å². The highest BCUT2D eigenvalue weighted by Crippen LogP contribution is 1.99. The van der Waals surface area contributed by atoms with Crippen LogP contribution in [0.3, 0.4) is 0 Å². The number of aliphatic hydroxyl groups excluding tert-OH is 1. The van der Waals surface area contributed by atoms with Crippen LogP contribution in [0.2, 0.25) is 0 Å². The minimum Gasteiger partial charge on any atom is -0.395 e. The molecule has 0 bridgehead atoms. The van der Waals surface area contributed by atoms with Crippen molar-refractivity contribution < 1.29 is 5.11 Å².